The number of carbonyl (C=O) groups excluding carboxylic acids is 1. The average Bonchev–Trinajstić information content (AvgIpc) is 2.83. The summed E-state index contributed by atoms with van der Waals surface area (Å²) in [6.07, 6.45) is 1.73. The molecule has 0 saturated heterocycles. The van der Waals surface area contributed by atoms with Crippen LogP contribution in [0.25, 0.3) is 0 Å². The van der Waals surface area contributed by atoms with Crippen molar-refractivity contribution in [3.05, 3.63) is 30.0 Å². The lowest BCUT2D eigenvalue weighted by Gasteiger charge is -2.12. The molecule has 0 saturated carbocycles. The van der Waals surface area contributed by atoms with E-state index in [4.69, 9.17) is 15.2 Å². The van der Waals surface area contributed by atoms with Crippen molar-refractivity contribution in [3.63, 3.8) is 0 Å². The molecule has 0 atom stereocenters. The van der Waals surface area contributed by atoms with E-state index in [-0.39, 0.29) is 5.91 Å². The van der Waals surface area contributed by atoms with Crippen molar-refractivity contribution < 1.29 is 14.3 Å². The van der Waals surface area contributed by atoms with Crippen molar-refractivity contribution in [2.45, 2.75) is 0 Å². The molecule has 0 radical (unpaired) electrons. The van der Waals surface area contributed by atoms with Crippen molar-refractivity contribution in [2.75, 3.05) is 25.3 Å². The summed E-state index contributed by atoms with van der Waals surface area (Å²) in [4.78, 5) is 12.2. The molecule has 7 heteroatoms. The van der Waals surface area contributed by atoms with Gasteiger partial charge in [-0.15, -0.1) is 0 Å². The number of aromatic nitrogens is 2. The van der Waals surface area contributed by atoms with Gasteiger partial charge in [0.1, 0.15) is 0 Å². The minimum Gasteiger partial charge on any atom is -0.493 e. The molecular formula is C13H16N4O3. The van der Waals surface area contributed by atoms with E-state index in [1.54, 1.807) is 30.1 Å². The van der Waals surface area contributed by atoms with E-state index in [9.17, 15) is 4.79 Å². The van der Waals surface area contributed by atoms with Crippen LogP contribution in [0.4, 0.5) is 11.5 Å². The van der Waals surface area contributed by atoms with Gasteiger partial charge in [0.15, 0.2) is 17.3 Å². The van der Waals surface area contributed by atoms with Crippen LogP contribution in [-0.4, -0.2) is 29.9 Å². The highest BCUT2D eigenvalue weighted by molar-refractivity contribution is 6.07. The van der Waals surface area contributed by atoms with Gasteiger partial charge in [-0.1, -0.05) is 0 Å². The number of carbonyl (C=O) groups is 1. The number of hydrogen-bond donors (Lipinski definition) is 2. The normalized spacial score (nSPS) is 10.2. The minimum atomic E-state index is -0.359. The quantitative estimate of drug-likeness (QED) is 0.821. The summed E-state index contributed by atoms with van der Waals surface area (Å²) < 4.78 is 11.9. The van der Waals surface area contributed by atoms with Gasteiger partial charge in [-0.05, 0) is 6.07 Å². The molecule has 2 aromatic rings. The van der Waals surface area contributed by atoms with Gasteiger partial charge in [0.05, 0.1) is 19.8 Å². The molecule has 2 rings (SSSR count). The van der Waals surface area contributed by atoms with Crippen molar-refractivity contribution in [3.8, 4) is 11.5 Å². The maximum absolute atomic E-state index is 12.2. The van der Waals surface area contributed by atoms with Gasteiger partial charge in [0.2, 0.25) is 0 Å². The molecule has 1 heterocycles. The summed E-state index contributed by atoms with van der Waals surface area (Å²) in [5.74, 6) is 1.00. The van der Waals surface area contributed by atoms with Crippen molar-refractivity contribution in [1.29, 1.82) is 0 Å². The molecule has 0 aliphatic carbocycles. The lowest BCUT2D eigenvalue weighted by Crippen LogP contribution is -2.15. The summed E-state index contributed by atoms with van der Waals surface area (Å²) in [6, 6.07) is 4.77. The predicted molar refractivity (Wildman–Crippen MR) is 75.1 cm³/mol. The van der Waals surface area contributed by atoms with Crippen molar-refractivity contribution in [1.82, 2.24) is 9.78 Å². The van der Waals surface area contributed by atoms with Gasteiger partial charge >= 0.3 is 0 Å². The van der Waals surface area contributed by atoms with Crippen LogP contribution >= 0.6 is 0 Å². The molecular weight excluding hydrogens is 260 g/mol. The molecule has 0 unspecified atom stereocenters. The van der Waals surface area contributed by atoms with Crippen LogP contribution in [0.5, 0.6) is 11.5 Å². The molecule has 0 bridgehead atoms. The van der Waals surface area contributed by atoms with E-state index in [0.717, 1.165) is 0 Å². The van der Waals surface area contributed by atoms with E-state index >= 15 is 0 Å². The molecule has 0 fully saturated rings. The van der Waals surface area contributed by atoms with Gasteiger partial charge in [-0.3, -0.25) is 9.48 Å². The topological polar surface area (TPSA) is 91.4 Å². The number of amides is 1. The largest absolute Gasteiger partial charge is 0.493 e. The van der Waals surface area contributed by atoms with E-state index < -0.39 is 0 Å². The Kier molecular flexibility index (Phi) is 3.79. The van der Waals surface area contributed by atoms with Gasteiger partial charge in [-0.25, -0.2) is 0 Å². The second-order valence-electron chi connectivity index (χ2n) is 4.12. The highest BCUT2D eigenvalue weighted by Crippen LogP contribution is 2.32. The number of anilines is 2. The van der Waals surface area contributed by atoms with Crippen LogP contribution in [-0.2, 0) is 7.05 Å². The number of hydrogen-bond acceptors (Lipinski definition) is 5. The van der Waals surface area contributed by atoms with Crippen LogP contribution in [0, 0.1) is 0 Å². The molecule has 106 valence electrons. The van der Waals surface area contributed by atoms with Crippen LogP contribution in [0.2, 0.25) is 0 Å². The molecule has 0 aliphatic heterocycles. The molecule has 1 aromatic carbocycles. The van der Waals surface area contributed by atoms with Gasteiger partial charge < -0.3 is 20.5 Å². The summed E-state index contributed by atoms with van der Waals surface area (Å²) in [5, 5.41) is 6.73. The maximum Gasteiger partial charge on any atom is 0.259 e. The molecule has 1 aromatic heterocycles. The van der Waals surface area contributed by atoms with E-state index in [0.29, 0.717) is 28.6 Å². The van der Waals surface area contributed by atoms with Gasteiger partial charge in [-0.2, -0.15) is 5.10 Å². The summed E-state index contributed by atoms with van der Waals surface area (Å²) in [7, 11) is 4.76. The smallest absolute Gasteiger partial charge is 0.259 e. The second-order valence-corrected chi connectivity index (χ2v) is 4.12. The molecule has 7 nitrogen and oxygen atoms in total. The predicted octanol–water partition coefficient (Wildman–Crippen LogP) is 1.27. The Balaban J connectivity index is 2.29. The first-order chi connectivity index (χ1) is 9.55. The first-order valence-corrected chi connectivity index (χ1v) is 5.87. The fourth-order valence-electron chi connectivity index (χ4n) is 1.76. The molecule has 20 heavy (non-hydrogen) atoms. The van der Waals surface area contributed by atoms with Gasteiger partial charge in [0.25, 0.3) is 5.91 Å². The number of ether oxygens (including phenoxy) is 2. The van der Waals surface area contributed by atoms with Crippen LogP contribution in [0.15, 0.2) is 24.4 Å². The maximum atomic E-state index is 12.2. The Hall–Kier alpha value is -2.70. The Morgan fingerprint density at radius 3 is 2.50 bits per heavy atom. The highest BCUT2D eigenvalue weighted by atomic mass is 16.5. The zero-order valence-corrected chi connectivity index (χ0v) is 11.5. The van der Waals surface area contributed by atoms with E-state index in [1.807, 2.05) is 0 Å². The number of nitrogen functional groups attached to an aromatic ring is 1. The van der Waals surface area contributed by atoms with Crippen molar-refractivity contribution >= 4 is 17.4 Å². The minimum absolute atomic E-state index is 0.299. The van der Waals surface area contributed by atoms with E-state index in [1.165, 1.54) is 20.3 Å². The third-order valence-electron chi connectivity index (χ3n) is 2.76. The summed E-state index contributed by atoms with van der Waals surface area (Å²) >= 11 is 0. The lowest BCUT2D eigenvalue weighted by atomic mass is 10.1. The molecule has 0 spiro atoms. The standard InChI is InChI=1S/C13H16N4O3/c1-17-5-4-12(16-17)15-13(18)8-6-10(19-2)11(20-3)7-9(8)14/h4-7H,14H2,1-3H3,(H,15,16,18). The second kappa shape index (κ2) is 5.52. The molecule has 0 aliphatic rings. The zero-order chi connectivity index (χ0) is 14.7. The molecule has 3 N–H and O–H groups in total. The van der Waals surface area contributed by atoms with Crippen LogP contribution in [0.1, 0.15) is 10.4 Å². The number of nitrogens with two attached hydrogens (primary N) is 1. The van der Waals surface area contributed by atoms with Gasteiger partial charge in [0, 0.05) is 31.1 Å². The fourth-order valence-corrected chi connectivity index (χ4v) is 1.76. The summed E-state index contributed by atoms with van der Waals surface area (Å²) in [5.41, 5.74) is 6.46. The zero-order valence-electron chi connectivity index (χ0n) is 11.5. The summed E-state index contributed by atoms with van der Waals surface area (Å²) in [6.45, 7) is 0. The third kappa shape index (κ3) is 2.66. The number of nitrogens with zero attached hydrogens (tertiary/aromatic N) is 2. The number of aryl methyl sites for hydroxylation is 1. The SMILES string of the molecule is COc1cc(N)c(C(=O)Nc2ccn(C)n2)cc1OC. The highest BCUT2D eigenvalue weighted by Gasteiger charge is 2.16. The lowest BCUT2D eigenvalue weighted by molar-refractivity contribution is 0.102. The number of rotatable bonds is 4. The van der Waals surface area contributed by atoms with Crippen LogP contribution in [0.3, 0.4) is 0 Å². The fraction of sp³-hybridized carbons (Fsp3) is 0.231. The van der Waals surface area contributed by atoms with Crippen LogP contribution < -0.4 is 20.5 Å². The van der Waals surface area contributed by atoms with Crippen molar-refractivity contribution in [2.24, 2.45) is 7.05 Å². The number of nitrogens with one attached hydrogen (secondary N) is 1. The first-order valence-electron chi connectivity index (χ1n) is 5.87. The number of methoxy groups -OCH3 is 2. The monoisotopic (exact) mass is 276 g/mol. The Labute approximate surface area is 116 Å². The Bertz CT molecular complexity index is 637. The average molecular weight is 276 g/mol. The number of benzene rings is 1. The third-order valence-corrected chi connectivity index (χ3v) is 2.76. The molecule has 1 amide bonds. The Morgan fingerprint density at radius 1 is 1.30 bits per heavy atom. The Morgan fingerprint density at radius 2 is 1.95 bits per heavy atom. The van der Waals surface area contributed by atoms with E-state index in [2.05, 4.69) is 10.4 Å². The first kappa shape index (κ1) is 13.7.